The maximum absolute atomic E-state index is 11.6. The number of rotatable bonds is 2. The van der Waals surface area contributed by atoms with Crippen LogP contribution in [-0.4, -0.2) is 19.0 Å². The Morgan fingerprint density at radius 1 is 1.64 bits per heavy atom. The van der Waals surface area contributed by atoms with Crippen LogP contribution in [0.15, 0.2) is 12.1 Å². The molecule has 1 atom stereocenters. The Morgan fingerprint density at radius 3 is 3.07 bits per heavy atom. The van der Waals surface area contributed by atoms with Gasteiger partial charge < -0.3 is 10.6 Å². The molecule has 1 fully saturated rings. The SMILES string of the molecule is O=C(Nc1ccc(Cl)s1)C1CCNC1. The molecule has 2 N–H and O–H groups in total. The monoisotopic (exact) mass is 230 g/mol. The summed E-state index contributed by atoms with van der Waals surface area (Å²) in [6.45, 7) is 1.72. The van der Waals surface area contributed by atoms with Gasteiger partial charge in [0.1, 0.15) is 0 Å². The van der Waals surface area contributed by atoms with Crippen LogP contribution in [0.4, 0.5) is 5.00 Å². The lowest BCUT2D eigenvalue weighted by Gasteiger charge is -2.07. The lowest BCUT2D eigenvalue weighted by Crippen LogP contribution is -2.24. The van der Waals surface area contributed by atoms with Crippen LogP contribution in [0.1, 0.15) is 6.42 Å². The second-order valence-corrected chi connectivity index (χ2v) is 5.00. The average Bonchev–Trinajstić information content (AvgIpc) is 2.75. The Bertz CT molecular complexity index is 333. The van der Waals surface area contributed by atoms with Gasteiger partial charge >= 0.3 is 0 Å². The van der Waals surface area contributed by atoms with Crippen molar-refractivity contribution in [3.05, 3.63) is 16.5 Å². The summed E-state index contributed by atoms with van der Waals surface area (Å²) in [6.07, 6.45) is 0.922. The topological polar surface area (TPSA) is 41.1 Å². The second kappa shape index (κ2) is 4.29. The van der Waals surface area contributed by atoms with Gasteiger partial charge in [0.05, 0.1) is 15.3 Å². The van der Waals surface area contributed by atoms with E-state index in [0.29, 0.717) is 4.34 Å². The lowest BCUT2D eigenvalue weighted by atomic mass is 10.1. The van der Waals surface area contributed by atoms with E-state index in [9.17, 15) is 4.79 Å². The minimum atomic E-state index is 0.0912. The van der Waals surface area contributed by atoms with Crippen molar-refractivity contribution in [3.8, 4) is 0 Å². The molecule has 5 heteroatoms. The van der Waals surface area contributed by atoms with E-state index >= 15 is 0 Å². The number of carbonyl (C=O) groups is 1. The van der Waals surface area contributed by atoms with Crippen LogP contribution in [0.25, 0.3) is 0 Å². The van der Waals surface area contributed by atoms with E-state index in [2.05, 4.69) is 10.6 Å². The minimum Gasteiger partial charge on any atom is -0.317 e. The van der Waals surface area contributed by atoms with E-state index in [1.807, 2.05) is 6.07 Å². The van der Waals surface area contributed by atoms with Crippen molar-refractivity contribution >= 4 is 33.8 Å². The average molecular weight is 231 g/mol. The zero-order valence-electron chi connectivity index (χ0n) is 7.55. The predicted octanol–water partition coefficient (Wildman–Crippen LogP) is 1.95. The van der Waals surface area contributed by atoms with Gasteiger partial charge in [0, 0.05) is 6.54 Å². The molecule has 1 aliphatic heterocycles. The van der Waals surface area contributed by atoms with Crippen LogP contribution in [0, 0.1) is 5.92 Å². The summed E-state index contributed by atoms with van der Waals surface area (Å²) in [5.74, 6) is 0.199. The molecule has 0 spiro atoms. The zero-order chi connectivity index (χ0) is 9.97. The van der Waals surface area contributed by atoms with Crippen molar-refractivity contribution in [2.45, 2.75) is 6.42 Å². The number of hydrogen-bond acceptors (Lipinski definition) is 3. The third kappa shape index (κ3) is 2.26. The first-order valence-electron chi connectivity index (χ1n) is 4.52. The van der Waals surface area contributed by atoms with Gasteiger partial charge in [0.2, 0.25) is 5.91 Å². The summed E-state index contributed by atoms with van der Waals surface area (Å²) >= 11 is 7.15. The number of anilines is 1. The van der Waals surface area contributed by atoms with E-state index in [1.165, 1.54) is 11.3 Å². The fourth-order valence-electron chi connectivity index (χ4n) is 1.48. The van der Waals surface area contributed by atoms with Crippen LogP contribution < -0.4 is 10.6 Å². The Kier molecular flexibility index (Phi) is 3.05. The van der Waals surface area contributed by atoms with Gasteiger partial charge in [-0.1, -0.05) is 11.6 Å². The van der Waals surface area contributed by atoms with E-state index in [-0.39, 0.29) is 11.8 Å². The number of thiophene rings is 1. The fourth-order valence-corrected chi connectivity index (χ4v) is 2.43. The van der Waals surface area contributed by atoms with Crippen molar-refractivity contribution in [2.24, 2.45) is 5.92 Å². The predicted molar refractivity (Wildman–Crippen MR) is 58.9 cm³/mol. The Balaban J connectivity index is 1.93. The van der Waals surface area contributed by atoms with Gasteiger partial charge in [-0.15, -0.1) is 11.3 Å². The first-order chi connectivity index (χ1) is 6.75. The zero-order valence-corrected chi connectivity index (χ0v) is 9.12. The summed E-state index contributed by atoms with van der Waals surface area (Å²) in [4.78, 5) is 11.6. The van der Waals surface area contributed by atoms with E-state index in [0.717, 1.165) is 24.5 Å². The van der Waals surface area contributed by atoms with Crippen molar-refractivity contribution < 1.29 is 4.79 Å². The molecule has 0 aliphatic carbocycles. The van der Waals surface area contributed by atoms with Crippen LogP contribution in [0.5, 0.6) is 0 Å². The van der Waals surface area contributed by atoms with Crippen LogP contribution in [-0.2, 0) is 4.79 Å². The van der Waals surface area contributed by atoms with E-state index < -0.39 is 0 Å². The Morgan fingerprint density at radius 2 is 2.50 bits per heavy atom. The number of amides is 1. The molecule has 1 aromatic rings. The van der Waals surface area contributed by atoms with E-state index in [1.54, 1.807) is 6.07 Å². The molecular formula is C9H11ClN2OS. The molecule has 0 bridgehead atoms. The van der Waals surface area contributed by atoms with Gasteiger partial charge in [-0.2, -0.15) is 0 Å². The highest BCUT2D eigenvalue weighted by Gasteiger charge is 2.22. The highest BCUT2D eigenvalue weighted by Crippen LogP contribution is 2.26. The molecule has 76 valence electrons. The number of halogens is 1. The van der Waals surface area contributed by atoms with Gasteiger partial charge in [0.15, 0.2) is 0 Å². The molecule has 1 aliphatic rings. The smallest absolute Gasteiger partial charge is 0.229 e. The first kappa shape index (κ1) is 9.96. The quantitative estimate of drug-likeness (QED) is 0.816. The molecular weight excluding hydrogens is 220 g/mol. The first-order valence-corrected chi connectivity index (χ1v) is 5.72. The van der Waals surface area contributed by atoms with Crippen LogP contribution in [0.3, 0.4) is 0 Å². The van der Waals surface area contributed by atoms with Crippen LogP contribution >= 0.6 is 22.9 Å². The van der Waals surface area contributed by atoms with E-state index in [4.69, 9.17) is 11.6 Å². The van der Waals surface area contributed by atoms with Crippen molar-refractivity contribution in [3.63, 3.8) is 0 Å². The summed E-state index contributed by atoms with van der Waals surface area (Å²) in [7, 11) is 0. The normalized spacial score (nSPS) is 21.1. The maximum Gasteiger partial charge on any atom is 0.229 e. The molecule has 2 rings (SSSR count). The fraction of sp³-hybridized carbons (Fsp3) is 0.444. The third-order valence-corrected chi connectivity index (χ3v) is 3.40. The molecule has 14 heavy (non-hydrogen) atoms. The molecule has 0 aromatic carbocycles. The second-order valence-electron chi connectivity index (χ2n) is 3.28. The molecule has 1 aromatic heterocycles. The lowest BCUT2D eigenvalue weighted by molar-refractivity contribution is -0.119. The largest absolute Gasteiger partial charge is 0.317 e. The summed E-state index contributed by atoms with van der Waals surface area (Å²) in [5, 5.41) is 6.85. The highest BCUT2D eigenvalue weighted by atomic mass is 35.5. The number of nitrogens with one attached hydrogen (secondary N) is 2. The molecule has 0 radical (unpaired) electrons. The van der Waals surface area contributed by atoms with Gasteiger partial charge in [0.25, 0.3) is 0 Å². The summed E-state index contributed by atoms with van der Waals surface area (Å²) in [6, 6.07) is 3.61. The van der Waals surface area contributed by atoms with Crippen molar-refractivity contribution in [1.29, 1.82) is 0 Å². The molecule has 1 unspecified atom stereocenters. The Hall–Kier alpha value is -0.580. The van der Waals surface area contributed by atoms with Gasteiger partial charge in [-0.25, -0.2) is 0 Å². The molecule has 1 amide bonds. The Labute approximate surface area is 91.5 Å². The molecule has 0 saturated carbocycles. The van der Waals surface area contributed by atoms with Crippen molar-refractivity contribution in [2.75, 3.05) is 18.4 Å². The summed E-state index contributed by atoms with van der Waals surface area (Å²) < 4.78 is 0.699. The highest BCUT2D eigenvalue weighted by molar-refractivity contribution is 7.20. The number of hydrogen-bond donors (Lipinski definition) is 2. The minimum absolute atomic E-state index is 0.0912. The van der Waals surface area contributed by atoms with Gasteiger partial charge in [-0.3, -0.25) is 4.79 Å². The molecule has 1 saturated heterocycles. The third-order valence-electron chi connectivity index (χ3n) is 2.25. The summed E-state index contributed by atoms with van der Waals surface area (Å²) in [5.41, 5.74) is 0. The molecule has 2 heterocycles. The standard InChI is InChI=1S/C9H11ClN2OS/c10-7-1-2-8(14-7)12-9(13)6-3-4-11-5-6/h1-2,6,11H,3-5H2,(H,12,13). The maximum atomic E-state index is 11.6. The number of carbonyl (C=O) groups excluding carboxylic acids is 1. The molecule has 3 nitrogen and oxygen atoms in total. The van der Waals surface area contributed by atoms with Crippen molar-refractivity contribution in [1.82, 2.24) is 5.32 Å². The van der Waals surface area contributed by atoms with Gasteiger partial charge in [-0.05, 0) is 25.1 Å². The van der Waals surface area contributed by atoms with Crippen LogP contribution in [0.2, 0.25) is 4.34 Å².